The molecule has 1 aromatic rings. The number of piperidine rings is 1. The van der Waals surface area contributed by atoms with Gasteiger partial charge in [0.15, 0.2) is 11.6 Å². The van der Waals surface area contributed by atoms with E-state index < -0.39 is 21.7 Å². The Morgan fingerprint density at radius 1 is 1.14 bits per heavy atom. The first-order valence-corrected chi connectivity index (χ1v) is 8.51. The third-order valence-corrected chi connectivity index (χ3v) is 6.44. The van der Waals surface area contributed by atoms with E-state index in [9.17, 15) is 17.2 Å². The molecule has 8 heteroatoms. The maximum atomic E-state index is 13.3. The van der Waals surface area contributed by atoms with Crippen molar-refractivity contribution in [1.29, 1.82) is 0 Å². The zero-order valence-corrected chi connectivity index (χ0v) is 13.8. The molecular weight excluding hydrogens is 334 g/mol. The molecule has 0 saturated carbocycles. The molecule has 1 aromatic carbocycles. The standard InChI is InChI=1S/C14H18F2N2O2S.ClH/c1-18(11-6-9-2-3-10(7-11)17-9)21(19,20)12-4-5-13(15)14(16)8-12;/h4-5,8-11,17H,2-3,6-7H2,1H3;1H. The fraction of sp³-hybridized carbons (Fsp3) is 0.571. The lowest BCUT2D eigenvalue weighted by atomic mass is 10.0. The first-order valence-electron chi connectivity index (χ1n) is 7.07. The molecule has 2 bridgehead atoms. The third-order valence-electron chi connectivity index (χ3n) is 4.53. The van der Waals surface area contributed by atoms with Gasteiger partial charge in [0.1, 0.15) is 0 Å². The Kier molecular flexibility index (Phi) is 5.11. The van der Waals surface area contributed by atoms with Crippen LogP contribution in [0.4, 0.5) is 8.78 Å². The van der Waals surface area contributed by atoms with E-state index in [1.807, 2.05) is 0 Å². The summed E-state index contributed by atoms with van der Waals surface area (Å²) in [6.07, 6.45) is 3.66. The van der Waals surface area contributed by atoms with Crippen molar-refractivity contribution in [3.05, 3.63) is 29.8 Å². The average Bonchev–Trinajstić information content (AvgIpc) is 2.79. The molecule has 2 unspecified atom stereocenters. The van der Waals surface area contributed by atoms with Crippen LogP contribution in [-0.2, 0) is 10.0 Å². The van der Waals surface area contributed by atoms with Crippen molar-refractivity contribution in [3.8, 4) is 0 Å². The molecule has 0 aromatic heterocycles. The lowest BCUT2D eigenvalue weighted by Crippen LogP contribution is -2.48. The number of sulfonamides is 1. The van der Waals surface area contributed by atoms with Crippen LogP contribution < -0.4 is 5.32 Å². The molecule has 2 heterocycles. The summed E-state index contributed by atoms with van der Waals surface area (Å²) in [6, 6.07) is 3.33. The van der Waals surface area contributed by atoms with E-state index in [-0.39, 0.29) is 23.3 Å². The molecule has 2 fully saturated rings. The monoisotopic (exact) mass is 352 g/mol. The molecule has 0 aliphatic carbocycles. The van der Waals surface area contributed by atoms with E-state index in [4.69, 9.17) is 0 Å². The van der Waals surface area contributed by atoms with Gasteiger partial charge in [-0.05, 0) is 43.9 Å². The zero-order valence-electron chi connectivity index (χ0n) is 12.1. The van der Waals surface area contributed by atoms with E-state index >= 15 is 0 Å². The molecule has 0 amide bonds. The highest BCUT2D eigenvalue weighted by atomic mass is 35.5. The van der Waals surface area contributed by atoms with Crippen LogP contribution in [0, 0.1) is 11.6 Å². The van der Waals surface area contributed by atoms with Crippen LogP contribution in [0.1, 0.15) is 25.7 Å². The van der Waals surface area contributed by atoms with Crippen LogP contribution >= 0.6 is 12.4 Å². The van der Waals surface area contributed by atoms with Gasteiger partial charge in [0.2, 0.25) is 10.0 Å². The highest BCUT2D eigenvalue weighted by Gasteiger charge is 2.38. The number of halogens is 3. The Bertz CT molecular complexity index is 644. The summed E-state index contributed by atoms with van der Waals surface area (Å²) < 4.78 is 52.6. The van der Waals surface area contributed by atoms with Crippen LogP contribution in [0.5, 0.6) is 0 Å². The summed E-state index contributed by atoms with van der Waals surface area (Å²) >= 11 is 0. The summed E-state index contributed by atoms with van der Waals surface area (Å²) in [4.78, 5) is -0.199. The maximum Gasteiger partial charge on any atom is 0.243 e. The molecule has 3 rings (SSSR count). The highest BCUT2D eigenvalue weighted by Crippen LogP contribution is 2.31. The number of nitrogens with one attached hydrogen (secondary N) is 1. The fourth-order valence-electron chi connectivity index (χ4n) is 3.32. The molecule has 22 heavy (non-hydrogen) atoms. The normalized spacial score (nSPS) is 27.7. The number of rotatable bonds is 3. The van der Waals surface area contributed by atoms with Crippen LogP contribution in [0.25, 0.3) is 0 Å². The molecule has 4 nitrogen and oxygen atoms in total. The second-order valence-corrected chi connectivity index (χ2v) is 7.86. The van der Waals surface area contributed by atoms with Crippen LogP contribution in [0.2, 0.25) is 0 Å². The molecular formula is C14H19ClF2N2O2S. The Morgan fingerprint density at radius 3 is 2.27 bits per heavy atom. The van der Waals surface area contributed by atoms with E-state index in [1.165, 1.54) is 11.4 Å². The molecule has 0 spiro atoms. The molecule has 1 N–H and O–H groups in total. The second-order valence-electron chi connectivity index (χ2n) is 5.86. The Hall–Kier alpha value is -0.760. The van der Waals surface area contributed by atoms with E-state index in [0.29, 0.717) is 12.1 Å². The molecule has 2 aliphatic heterocycles. The van der Waals surface area contributed by atoms with Crippen molar-refractivity contribution < 1.29 is 17.2 Å². The Labute approximate surface area is 135 Å². The SMILES string of the molecule is CN(C1CC2CCC(C1)N2)S(=O)(=O)c1ccc(F)c(F)c1.Cl. The van der Waals surface area contributed by atoms with Crippen molar-refractivity contribution in [2.45, 2.75) is 48.7 Å². The average molecular weight is 353 g/mol. The van der Waals surface area contributed by atoms with Gasteiger partial charge in [0, 0.05) is 25.2 Å². The lowest BCUT2D eigenvalue weighted by Gasteiger charge is -2.34. The van der Waals surface area contributed by atoms with Gasteiger partial charge in [-0.25, -0.2) is 17.2 Å². The van der Waals surface area contributed by atoms with Crippen molar-refractivity contribution in [3.63, 3.8) is 0 Å². The van der Waals surface area contributed by atoms with Crippen LogP contribution in [0.15, 0.2) is 23.1 Å². The minimum Gasteiger partial charge on any atom is -0.311 e. The topological polar surface area (TPSA) is 49.4 Å². The Morgan fingerprint density at radius 2 is 1.73 bits per heavy atom. The predicted molar refractivity (Wildman–Crippen MR) is 81.5 cm³/mol. The number of hydrogen-bond acceptors (Lipinski definition) is 3. The second kappa shape index (κ2) is 6.39. The molecule has 0 radical (unpaired) electrons. The molecule has 2 saturated heterocycles. The van der Waals surface area contributed by atoms with Gasteiger partial charge in [-0.15, -0.1) is 12.4 Å². The minimum absolute atomic E-state index is 0. The lowest BCUT2D eigenvalue weighted by molar-refractivity contribution is 0.251. The van der Waals surface area contributed by atoms with Crippen LogP contribution in [-0.4, -0.2) is 37.9 Å². The summed E-state index contributed by atoms with van der Waals surface area (Å²) in [5.74, 6) is -2.19. The summed E-state index contributed by atoms with van der Waals surface area (Å²) in [5, 5.41) is 3.45. The van der Waals surface area contributed by atoms with Gasteiger partial charge in [-0.2, -0.15) is 4.31 Å². The fourth-order valence-corrected chi connectivity index (χ4v) is 4.71. The van der Waals surface area contributed by atoms with Crippen molar-refractivity contribution >= 4 is 22.4 Å². The summed E-state index contributed by atoms with van der Waals surface area (Å²) in [7, 11) is -2.28. The highest BCUT2D eigenvalue weighted by molar-refractivity contribution is 7.89. The summed E-state index contributed by atoms with van der Waals surface area (Å²) in [6.45, 7) is 0. The number of hydrogen-bond donors (Lipinski definition) is 1. The van der Waals surface area contributed by atoms with Gasteiger partial charge in [-0.3, -0.25) is 0 Å². The van der Waals surface area contributed by atoms with Gasteiger partial charge in [0.25, 0.3) is 0 Å². The smallest absolute Gasteiger partial charge is 0.243 e. The van der Waals surface area contributed by atoms with Gasteiger partial charge < -0.3 is 5.32 Å². The van der Waals surface area contributed by atoms with E-state index in [1.54, 1.807) is 0 Å². The zero-order chi connectivity index (χ0) is 15.2. The van der Waals surface area contributed by atoms with E-state index in [2.05, 4.69) is 5.32 Å². The third kappa shape index (κ3) is 3.13. The first kappa shape index (κ1) is 17.6. The summed E-state index contributed by atoms with van der Waals surface area (Å²) in [5.41, 5.74) is 0. The molecule has 124 valence electrons. The largest absolute Gasteiger partial charge is 0.311 e. The number of nitrogens with zero attached hydrogens (tertiary/aromatic N) is 1. The number of benzene rings is 1. The first-order chi connectivity index (χ1) is 9.88. The molecule has 2 aliphatic rings. The maximum absolute atomic E-state index is 13.3. The minimum atomic E-state index is -3.80. The van der Waals surface area contributed by atoms with Crippen molar-refractivity contribution in [2.75, 3.05) is 7.05 Å². The van der Waals surface area contributed by atoms with Crippen molar-refractivity contribution in [2.24, 2.45) is 0 Å². The van der Waals surface area contributed by atoms with E-state index in [0.717, 1.165) is 43.9 Å². The number of fused-ring (bicyclic) bond motifs is 2. The van der Waals surface area contributed by atoms with Gasteiger partial charge in [0.05, 0.1) is 4.90 Å². The van der Waals surface area contributed by atoms with Gasteiger partial charge >= 0.3 is 0 Å². The van der Waals surface area contributed by atoms with Crippen molar-refractivity contribution in [1.82, 2.24) is 9.62 Å². The molecule has 2 atom stereocenters. The van der Waals surface area contributed by atoms with Crippen LogP contribution in [0.3, 0.4) is 0 Å². The quantitative estimate of drug-likeness (QED) is 0.908. The Balaban J connectivity index is 0.00000176. The van der Waals surface area contributed by atoms with Gasteiger partial charge in [-0.1, -0.05) is 0 Å². The predicted octanol–water partition coefficient (Wildman–Crippen LogP) is 2.29.